The number of hydrogen-bond donors (Lipinski definition) is 1. The van der Waals surface area contributed by atoms with Crippen LogP contribution in [0.1, 0.15) is 26.3 Å². The van der Waals surface area contributed by atoms with E-state index in [4.69, 9.17) is 4.74 Å². The Morgan fingerprint density at radius 1 is 1.29 bits per heavy atom. The largest absolute Gasteiger partial charge is 0.380 e. The lowest BCUT2D eigenvalue weighted by atomic mass is 9.84. The first-order chi connectivity index (χ1) is 9.84. The topological polar surface area (TPSA) is 58.6 Å². The number of rotatable bonds is 3. The van der Waals surface area contributed by atoms with Gasteiger partial charge in [-0.3, -0.25) is 9.59 Å². The van der Waals surface area contributed by atoms with Crippen LogP contribution in [0.3, 0.4) is 0 Å². The zero-order valence-electron chi connectivity index (χ0n) is 13.0. The Morgan fingerprint density at radius 2 is 1.95 bits per heavy atom. The Balaban J connectivity index is 2.38. The first kappa shape index (κ1) is 15.5. The number of nitrogens with zero attached hydrogens (tertiary/aromatic N) is 1. The molecule has 1 aromatic rings. The molecule has 0 bridgehead atoms. The Kier molecular flexibility index (Phi) is 4.32. The molecule has 2 rings (SSSR count). The molecule has 1 aromatic carbocycles. The number of ether oxygens (including phenoxy) is 1. The van der Waals surface area contributed by atoms with Crippen LogP contribution in [0.15, 0.2) is 24.3 Å². The van der Waals surface area contributed by atoms with Crippen molar-refractivity contribution in [2.45, 2.75) is 33.4 Å². The molecule has 2 amide bonds. The quantitative estimate of drug-likeness (QED) is 0.922. The Hall–Kier alpha value is -1.88. The van der Waals surface area contributed by atoms with Gasteiger partial charge in [0.25, 0.3) is 5.91 Å². The van der Waals surface area contributed by atoms with Gasteiger partial charge in [0.1, 0.15) is 12.6 Å². The van der Waals surface area contributed by atoms with Gasteiger partial charge in [-0.2, -0.15) is 0 Å². The average molecular weight is 290 g/mol. The molecule has 0 saturated carbocycles. The first-order valence-electron chi connectivity index (χ1n) is 7.02. The fourth-order valence-electron chi connectivity index (χ4n) is 2.49. The summed E-state index contributed by atoms with van der Waals surface area (Å²) in [5, 5.41) is 2.80. The summed E-state index contributed by atoms with van der Waals surface area (Å²) in [5.41, 5.74) is 1.31. The fourth-order valence-corrected chi connectivity index (χ4v) is 2.49. The van der Waals surface area contributed by atoms with Gasteiger partial charge >= 0.3 is 0 Å². The van der Waals surface area contributed by atoms with E-state index in [2.05, 4.69) is 5.32 Å². The number of methoxy groups -OCH3 is 1. The predicted octanol–water partition coefficient (Wildman–Crippen LogP) is 1.71. The van der Waals surface area contributed by atoms with Crippen LogP contribution in [0, 0.1) is 5.41 Å². The van der Waals surface area contributed by atoms with E-state index in [1.165, 1.54) is 0 Å². The number of nitrogens with one attached hydrogen (secondary N) is 1. The number of piperazine rings is 1. The zero-order chi connectivity index (χ0) is 15.6. The highest BCUT2D eigenvalue weighted by Gasteiger charge is 2.40. The summed E-state index contributed by atoms with van der Waals surface area (Å²) in [6.07, 6.45) is 0. The van der Waals surface area contributed by atoms with E-state index >= 15 is 0 Å². The molecule has 1 saturated heterocycles. The van der Waals surface area contributed by atoms with Gasteiger partial charge in [-0.1, -0.05) is 39.0 Å². The van der Waals surface area contributed by atoms with Crippen molar-refractivity contribution >= 4 is 17.5 Å². The lowest BCUT2D eigenvalue weighted by molar-refractivity contribution is -0.133. The molecule has 1 fully saturated rings. The third-order valence-corrected chi connectivity index (χ3v) is 3.57. The minimum Gasteiger partial charge on any atom is -0.380 e. The number of carbonyl (C=O) groups excluding carboxylic acids is 2. The van der Waals surface area contributed by atoms with Crippen molar-refractivity contribution in [3.63, 3.8) is 0 Å². The molecule has 1 N–H and O–H groups in total. The molecule has 5 heteroatoms. The maximum atomic E-state index is 12.7. The van der Waals surface area contributed by atoms with Crippen LogP contribution in [-0.2, 0) is 20.9 Å². The van der Waals surface area contributed by atoms with Gasteiger partial charge in [0.05, 0.1) is 6.61 Å². The highest BCUT2D eigenvalue weighted by Crippen LogP contribution is 2.28. The monoisotopic (exact) mass is 290 g/mol. The van der Waals surface area contributed by atoms with E-state index in [9.17, 15) is 9.59 Å². The van der Waals surface area contributed by atoms with Crippen LogP contribution in [0.25, 0.3) is 0 Å². The summed E-state index contributed by atoms with van der Waals surface area (Å²) in [7, 11) is 1.61. The summed E-state index contributed by atoms with van der Waals surface area (Å²) in [6.45, 7) is 6.29. The van der Waals surface area contributed by atoms with E-state index in [-0.39, 0.29) is 23.8 Å². The molecule has 1 aliphatic rings. The normalized spacial score (nSPS) is 19.6. The van der Waals surface area contributed by atoms with Gasteiger partial charge in [-0.05, 0) is 11.5 Å². The lowest BCUT2D eigenvalue weighted by Crippen LogP contribution is -2.62. The molecular weight excluding hydrogens is 268 g/mol. The van der Waals surface area contributed by atoms with Gasteiger partial charge in [0.15, 0.2) is 0 Å². The maximum absolute atomic E-state index is 12.7. The Bertz CT molecular complexity index is 549. The summed E-state index contributed by atoms with van der Waals surface area (Å²) < 4.78 is 5.18. The minimum absolute atomic E-state index is 0.0478. The van der Waals surface area contributed by atoms with Gasteiger partial charge in [-0.25, -0.2) is 0 Å². The lowest BCUT2D eigenvalue weighted by Gasteiger charge is -2.39. The maximum Gasteiger partial charge on any atom is 0.250 e. The molecule has 1 unspecified atom stereocenters. The SMILES string of the molecule is COCc1ccccc1N1CC(=O)NC(C(C)(C)C)C1=O. The van der Waals surface area contributed by atoms with Gasteiger partial charge in [-0.15, -0.1) is 0 Å². The van der Waals surface area contributed by atoms with Crippen molar-refractivity contribution in [1.82, 2.24) is 5.32 Å². The molecule has 1 atom stereocenters. The zero-order valence-corrected chi connectivity index (χ0v) is 13.0. The molecule has 0 radical (unpaired) electrons. The van der Waals surface area contributed by atoms with Gasteiger partial charge in [0, 0.05) is 18.4 Å². The minimum atomic E-state index is -0.519. The van der Waals surface area contributed by atoms with E-state index in [1.54, 1.807) is 12.0 Å². The van der Waals surface area contributed by atoms with Crippen LogP contribution >= 0.6 is 0 Å². The van der Waals surface area contributed by atoms with E-state index in [0.717, 1.165) is 11.3 Å². The molecule has 21 heavy (non-hydrogen) atoms. The van der Waals surface area contributed by atoms with E-state index in [1.807, 2.05) is 45.0 Å². The number of para-hydroxylation sites is 1. The van der Waals surface area contributed by atoms with Crippen molar-refractivity contribution in [3.05, 3.63) is 29.8 Å². The Morgan fingerprint density at radius 3 is 2.57 bits per heavy atom. The van der Waals surface area contributed by atoms with Crippen LogP contribution in [0.2, 0.25) is 0 Å². The molecule has 0 aromatic heterocycles. The summed E-state index contributed by atoms with van der Waals surface area (Å²) >= 11 is 0. The second kappa shape index (κ2) is 5.85. The van der Waals surface area contributed by atoms with Crippen molar-refractivity contribution in [1.29, 1.82) is 0 Å². The average Bonchev–Trinajstić information content (AvgIpc) is 2.41. The predicted molar refractivity (Wildman–Crippen MR) is 80.9 cm³/mol. The number of amides is 2. The van der Waals surface area contributed by atoms with Crippen LogP contribution < -0.4 is 10.2 Å². The molecule has 1 heterocycles. The second-order valence-electron chi connectivity index (χ2n) is 6.35. The molecule has 0 spiro atoms. The van der Waals surface area contributed by atoms with Crippen LogP contribution in [-0.4, -0.2) is 31.5 Å². The molecule has 5 nitrogen and oxygen atoms in total. The van der Waals surface area contributed by atoms with Gasteiger partial charge < -0.3 is 15.0 Å². The van der Waals surface area contributed by atoms with Crippen molar-refractivity contribution in [3.8, 4) is 0 Å². The fraction of sp³-hybridized carbons (Fsp3) is 0.500. The van der Waals surface area contributed by atoms with Crippen molar-refractivity contribution < 1.29 is 14.3 Å². The number of hydrogen-bond acceptors (Lipinski definition) is 3. The number of benzene rings is 1. The van der Waals surface area contributed by atoms with Crippen LogP contribution in [0.5, 0.6) is 0 Å². The van der Waals surface area contributed by atoms with Gasteiger partial charge in [0.2, 0.25) is 5.91 Å². The summed E-state index contributed by atoms with van der Waals surface area (Å²) in [6, 6.07) is 7.00. The highest BCUT2D eigenvalue weighted by molar-refractivity contribution is 6.07. The van der Waals surface area contributed by atoms with Crippen molar-refractivity contribution in [2.24, 2.45) is 5.41 Å². The number of anilines is 1. The highest BCUT2D eigenvalue weighted by atomic mass is 16.5. The first-order valence-corrected chi connectivity index (χ1v) is 7.02. The van der Waals surface area contributed by atoms with Crippen LogP contribution in [0.4, 0.5) is 5.69 Å². The third kappa shape index (κ3) is 3.24. The standard InChI is InChI=1S/C16H22N2O3/c1-16(2,3)14-15(20)18(9-13(19)17-14)12-8-6-5-7-11(12)10-21-4/h5-8,14H,9-10H2,1-4H3,(H,17,19). The van der Waals surface area contributed by atoms with E-state index in [0.29, 0.717) is 6.61 Å². The second-order valence-corrected chi connectivity index (χ2v) is 6.35. The van der Waals surface area contributed by atoms with Crippen molar-refractivity contribution in [2.75, 3.05) is 18.6 Å². The summed E-state index contributed by atoms with van der Waals surface area (Å²) in [4.78, 5) is 26.3. The molecule has 0 aliphatic carbocycles. The summed E-state index contributed by atoms with van der Waals surface area (Å²) in [5.74, 6) is -0.215. The molecule has 1 aliphatic heterocycles. The molecular formula is C16H22N2O3. The third-order valence-electron chi connectivity index (χ3n) is 3.57. The number of carbonyl (C=O) groups is 2. The smallest absolute Gasteiger partial charge is 0.250 e. The molecule has 114 valence electrons. The van der Waals surface area contributed by atoms with E-state index < -0.39 is 6.04 Å². The Labute approximate surface area is 125 Å².